The third kappa shape index (κ3) is 3.98. The number of likely N-dealkylation sites (tertiary alicyclic amines) is 1. The van der Waals surface area contributed by atoms with E-state index in [9.17, 15) is 4.79 Å². The van der Waals surface area contributed by atoms with Gasteiger partial charge in [-0.05, 0) is 52.5 Å². The zero-order chi connectivity index (χ0) is 17.1. The SMILES string of the molecule is Cc1cc(C)n(C[C@@H]2CCCN2C(=O)[C@@H](C)OC[C@H]2CCCO2)n1. The van der Waals surface area contributed by atoms with Gasteiger partial charge in [0.2, 0.25) is 0 Å². The molecule has 3 atom stereocenters. The van der Waals surface area contributed by atoms with E-state index in [2.05, 4.69) is 18.1 Å². The zero-order valence-corrected chi connectivity index (χ0v) is 15.0. The number of hydrogen-bond donors (Lipinski definition) is 0. The van der Waals surface area contributed by atoms with Crippen LogP contribution in [-0.2, 0) is 20.8 Å². The molecule has 2 aliphatic heterocycles. The van der Waals surface area contributed by atoms with E-state index in [1.807, 2.05) is 23.4 Å². The molecule has 0 N–H and O–H groups in total. The summed E-state index contributed by atoms with van der Waals surface area (Å²) in [4.78, 5) is 14.8. The first-order chi connectivity index (χ1) is 11.5. The van der Waals surface area contributed by atoms with Crippen LogP contribution in [0.2, 0.25) is 0 Å². The van der Waals surface area contributed by atoms with Crippen LogP contribution >= 0.6 is 0 Å². The van der Waals surface area contributed by atoms with Crippen LogP contribution in [0.25, 0.3) is 0 Å². The summed E-state index contributed by atoms with van der Waals surface area (Å²) in [5.74, 6) is 0.0945. The number of hydrogen-bond acceptors (Lipinski definition) is 4. The van der Waals surface area contributed by atoms with E-state index in [-0.39, 0.29) is 18.1 Å². The lowest BCUT2D eigenvalue weighted by Crippen LogP contribution is -2.44. The average Bonchev–Trinajstić information content (AvgIpc) is 3.27. The molecule has 0 unspecified atom stereocenters. The van der Waals surface area contributed by atoms with Gasteiger partial charge in [0.15, 0.2) is 0 Å². The van der Waals surface area contributed by atoms with E-state index < -0.39 is 6.10 Å². The third-order valence-electron chi connectivity index (χ3n) is 5.05. The number of rotatable bonds is 6. The van der Waals surface area contributed by atoms with Crippen LogP contribution in [0.4, 0.5) is 0 Å². The van der Waals surface area contributed by atoms with Crippen LogP contribution in [0.3, 0.4) is 0 Å². The van der Waals surface area contributed by atoms with E-state index in [4.69, 9.17) is 9.47 Å². The quantitative estimate of drug-likeness (QED) is 0.799. The molecule has 3 rings (SSSR count). The largest absolute Gasteiger partial charge is 0.376 e. The molecule has 0 aromatic carbocycles. The molecule has 1 aromatic heterocycles. The second kappa shape index (κ2) is 7.66. The predicted octanol–water partition coefficient (Wildman–Crippen LogP) is 2.08. The molecule has 0 radical (unpaired) electrons. The molecular formula is C18H29N3O3. The van der Waals surface area contributed by atoms with Gasteiger partial charge < -0.3 is 14.4 Å². The molecule has 1 amide bonds. The third-order valence-corrected chi connectivity index (χ3v) is 5.05. The van der Waals surface area contributed by atoms with Crippen molar-refractivity contribution in [1.82, 2.24) is 14.7 Å². The molecule has 3 heterocycles. The van der Waals surface area contributed by atoms with Gasteiger partial charge in [-0.2, -0.15) is 5.10 Å². The van der Waals surface area contributed by atoms with Gasteiger partial charge in [0.1, 0.15) is 6.10 Å². The maximum atomic E-state index is 12.8. The van der Waals surface area contributed by atoms with Crippen molar-refractivity contribution in [2.75, 3.05) is 19.8 Å². The van der Waals surface area contributed by atoms with E-state index in [1.165, 1.54) is 0 Å². The number of aromatic nitrogens is 2. The van der Waals surface area contributed by atoms with Crippen LogP contribution in [0.1, 0.15) is 44.0 Å². The lowest BCUT2D eigenvalue weighted by atomic mass is 10.2. The summed E-state index contributed by atoms with van der Waals surface area (Å²) in [6.07, 6.45) is 3.95. The normalized spacial score (nSPS) is 25.4. The topological polar surface area (TPSA) is 56.6 Å². The fourth-order valence-corrected chi connectivity index (χ4v) is 3.71. The highest BCUT2D eigenvalue weighted by Gasteiger charge is 2.32. The second-order valence-electron chi connectivity index (χ2n) is 7.05. The van der Waals surface area contributed by atoms with E-state index >= 15 is 0 Å². The first-order valence-electron chi connectivity index (χ1n) is 9.09. The Morgan fingerprint density at radius 2 is 2.25 bits per heavy atom. The van der Waals surface area contributed by atoms with Gasteiger partial charge in [0.25, 0.3) is 5.91 Å². The highest BCUT2D eigenvalue weighted by atomic mass is 16.5. The fraction of sp³-hybridized carbons (Fsp3) is 0.778. The van der Waals surface area contributed by atoms with E-state index in [0.717, 1.165) is 56.8 Å². The zero-order valence-electron chi connectivity index (χ0n) is 15.0. The predicted molar refractivity (Wildman–Crippen MR) is 90.8 cm³/mol. The molecule has 0 saturated carbocycles. The molecule has 24 heavy (non-hydrogen) atoms. The molecule has 2 fully saturated rings. The summed E-state index contributed by atoms with van der Waals surface area (Å²) in [7, 11) is 0. The van der Waals surface area contributed by atoms with Crippen molar-refractivity contribution in [2.24, 2.45) is 0 Å². The van der Waals surface area contributed by atoms with Gasteiger partial charge >= 0.3 is 0 Å². The van der Waals surface area contributed by atoms with Gasteiger partial charge in [0.05, 0.1) is 31.0 Å². The maximum absolute atomic E-state index is 12.8. The standard InChI is InChI=1S/C18H29N3O3/c1-13-10-14(2)21(19-13)11-16-6-4-8-20(16)18(22)15(3)24-12-17-7-5-9-23-17/h10,15-17H,4-9,11-12H2,1-3H3/t15-,16+,17-/m1/s1. The van der Waals surface area contributed by atoms with Gasteiger partial charge in [-0.15, -0.1) is 0 Å². The lowest BCUT2D eigenvalue weighted by Gasteiger charge is -2.28. The average molecular weight is 335 g/mol. The molecule has 0 spiro atoms. The van der Waals surface area contributed by atoms with Gasteiger partial charge in [-0.1, -0.05) is 0 Å². The molecule has 2 aliphatic rings. The molecule has 2 saturated heterocycles. The number of carbonyl (C=O) groups excluding carboxylic acids is 1. The van der Waals surface area contributed by atoms with Crippen molar-refractivity contribution < 1.29 is 14.3 Å². The first kappa shape index (κ1) is 17.4. The van der Waals surface area contributed by atoms with Crippen LogP contribution in [0, 0.1) is 13.8 Å². The number of aryl methyl sites for hydroxylation is 2. The molecule has 0 aliphatic carbocycles. The Kier molecular flexibility index (Phi) is 5.56. The Morgan fingerprint density at radius 3 is 2.92 bits per heavy atom. The van der Waals surface area contributed by atoms with Gasteiger partial charge in [-0.25, -0.2) is 0 Å². The number of amides is 1. The van der Waals surface area contributed by atoms with Crippen LogP contribution in [0.5, 0.6) is 0 Å². The summed E-state index contributed by atoms with van der Waals surface area (Å²) in [5.41, 5.74) is 2.17. The van der Waals surface area contributed by atoms with Crippen molar-refractivity contribution in [3.63, 3.8) is 0 Å². The molecule has 6 heteroatoms. The Labute approximate surface area is 144 Å². The van der Waals surface area contributed by atoms with E-state index in [0.29, 0.717) is 6.61 Å². The van der Waals surface area contributed by atoms with Crippen molar-refractivity contribution in [3.8, 4) is 0 Å². The smallest absolute Gasteiger partial charge is 0.251 e. The maximum Gasteiger partial charge on any atom is 0.251 e. The van der Waals surface area contributed by atoms with Crippen molar-refractivity contribution in [2.45, 2.75) is 71.2 Å². The molecule has 134 valence electrons. The van der Waals surface area contributed by atoms with Crippen LogP contribution < -0.4 is 0 Å². The minimum absolute atomic E-state index is 0.0945. The Hall–Kier alpha value is -1.40. The van der Waals surface area contributed by atoms with Crippen LogP contribution in [0.15, 0.2) is 6.07 Å². The monoisotopic (exact) mass is 335 g/mol. The summed E-state index contributed by atoms with van der Waals surface area (Å²) < 4.78 is 13.4. The number of ether oxygens (including phenoxy) is 2. The van der Waals surface area contributed by atoms with E-state index in [1.54, 1.807) is 0 Å². The van der Waals surface area contributed by atoms with Crippen LogP contribution in [-0.4, -0.2) is 58.6 Å². The molecule has 1 aromatic rings. The number of carbonyl (C=O) groups is 1. The van der Waals surface area contributed by atoms with Crippen molar-refractivity contribution >= 4 is 5.91 Å². The first-order valence-corrected chi connectivity index (χ1v) is 9.09. The Morgan fingerprint density at radius 1 is 1.42 bits per heavy atom. The van der Waals surface area contributed by atoms with Crippen molar-refractivity contribution in [3.05, 3.63) is 17.5 Å². The molecule has 0 bridgehead atoms. The Balaban J connectivity index is 1.55. The Bertz CT molecular complexity index is 566. The lowest BCUT2D eigenvalue weighted by molar-refractivity contribution is -0.145. The van der Waals surface area contributed by atoms with Crippen molar-refractivity contribution in [1.29, 1.82) is 0 Å². The second-order valence-corrected chi connectivity index (χ2v) is 7.05. The summed E-state index contributed by atoms with van der Waals surface area (Å²) in [6.45, 7) is 8.84. The summed E-state index contributed by atoms with van der Waals surface area (Å²) in [5, 5.41) is 4.53. The van der Waals surface area contributed by atoms with Gasteiger partial charge in [0, 0.05) is 18.8 Å². The minimum atomic E-state index is -0.407. The van der Waals surface area contributed by atoms with Gasteiger partial charge in [-0.3, -0.25) is 9.48 Å². The molecular weight excluding hydrogens is 306 g/mol. The fourth-order valence-electron chi connectivity index (χ4n) is 3.71. The minimum Gasteiger partial charge on any atom is -0.376 e. The summed E-state index contributed by atoms with van der Waals surface area (Å²) in [6, 6.07) is 2.29. The number of nitrogens with zero attached hydrogens (tertiary/aromatic N) is 3. The molecule has 6 nitrogen and oxygen atoms in total. The highest BCUT2D eigenvalue weighted by molar-refractivity contribution is 5.81. The summed E-state index contributed by atoms with van der Waals surface area (Å²) >= 11 is 0. The highest BCUT2D eigenvalue weighted by Crippen LogP contribution is 2.22.